The first kappa shape index (κ1) is 41.7. The fraction of sp³-hybridized carbons (Fsp3) is 0.971. The molecule has 0 rings (SSSR count). The molecule has 6 nitrogen and oxygen atoms in total. The van der Waals surface area contributed by atoms with E-state index in [1.165, 1.54) is 148 Å². The predicted molar refractivity (Wildman–Crippen MR) is 179 cm³/mol. The molecule has 0 heterocycles. The molecule has 0 aliphatic carbocycles. The molecule has 0 amide bonds. The summed E-state index contributed by atoms with van der Waals surface area (Å²) in [6.07, 6.45) is 34.9. The first-order valence-corrected chi connectivity index (χ1v) is 19.3. The summed E-state index contributed by atoms with van der Waals surface area (Å²) < 4.78 is 16.2. The molecule has 252 valence electrons. The largest absolute Gasteiger partial charge is 0.463 e. The molecule has 0 saturated carbocycles. The zero-order valence-corrected chi connectivity index (χ0v) is 28.9. The zero-order valence-electron chi connectivity index (χ0n) is 28.0. The molecule has 1 atom stereocenters. The molecule has 2 N–H and O–H groups in total. The van der Waals surface area contributed by atoms with Gasteiger partial charge in [-0.05, 0) is 12.8 Å². The van der Waals surface area contributed by atoms with Gasteiger partial charge in [0.2, 0.25) is 0 Å². The molecule has 0 unspecified atom stereocenters. The number of rotatable bonds is 35. The molecule has 0 aromatic carbocycles. The summed E-state index contributed by atoms with van der Waals surface area (Å²) in [4.78, 5) is 30.4. The second-order valence-corrected chi connectivity index (χ2v) is 13.1. The smallest absolute Gasteiger partial charge is 0.327 e. The van der Waals surface area contributed by atoms with Crippen molar-refractivity contribution < 1.29 is 28.6 Å². The molecule has 0 bridgehead atoms. The second kappa shape index (κ2) is 35.2. The average molecular weight is 619 g/mol. The fourth-order valence-electron chi connectivity index (χ4n) is 5.39. The van der Waals surface area contributed by atoms with Crippen LogP contribution in [0.15, 0.2) is 0 Å². The van der Waals surface area contributed by atoms with E-state index >= 15 is 0 Å². The summed E-state index contributed by atoms with van der Waals surface area (Å²) in [5, 5.41) is 0. The maximum Gasteiger partial charge on any atom is 0.327 e. The zero-order chi connectivity index (χ0) is 30.8. The third-order valence-electron chi connectivity index (χ3n) is 8.14. The Kier molecular flexibility index (Phi) is 35.0. The van der Waals surface area contributed by atoms with Crippen LogP contribution in [0.3, 0.4) is 0 Å². The fourth-order valence-corrected chi connectivity index (χ4v) is 5.69. The summed E-state index contributed by atoms with van der Waals surface area (Å²) in [6, 6.07) is 0. The Hall–Kier alpha value is -0.260. The van der Waals surface area contributed by atoms with Gasteiger partial charge in [-0.3, -0.25) is 4.79 Å². The van der Waals surface area contributed by atoms with Crippen LogP contribution in [0.5, 0.6) is 0 Å². The van der Waals surface area contributed by atoms with Crippen LogP contribution >= 0.6 is 8.60 Å². The van der Waals surface area contributed by atoms with Gasteiger partial charge in [-0.1, -0.05) is 174 Å². The van der Waals surface area contributed by atoms with E-state index in [0.29, 0.717) is 13.0 Å². The maximum atomic E-state index is 12.2. The lowest BCUT2D eigenvalue weighted by molar-refractivity contribution is -0.149. The van der Waals surface area contributed by atoms with Gasteiger partial charge >= 0.3 is 14.6 Å². The Morgan fingerprint density at radius 3 is 1.26 bits per heavy atom. The van der Waals surface area contributed by atoms with Gasteiger partial charge < -0.3 is 23.8 Å². The summed E-state index contributed by atoms with van der Waals surface area (Å²) in [7, 11) is -2.44. The van der Waals surface area contributed by atoms with Crippen LogP contribution in [0, 0.1) is 0 Å². The number of hydrogen-bond acceptors (Lipinski definition) is 6. The molecule has 0 aliphatic heterocycles. The first-order valence-electron chi connectivity index (χ1n) is 18.2. The van der Waals surface area contributed by atoms with Gasteiger partial charge in [0.25, 0.3) is 0 Å². The lowest BCUT2D eigenvalue weighted by Gasteiger charge is -2.18. The molecule has 7 heteroatoms. The maximum absolute atomic E-state index is 12.2. The predicted octanol–water partition coefficient (Wildman–Crippen LogP) is 11.1. The van der Waals surface area contributed by atoms with Crippen molar-refractivity contribution in [2.75, 3.05) is 19.8 Å². The van der Waals surface area contributed by atoms with Crippen LogP contribution in [0.4, 0.5) is 0 Å². The van der Waals surface area contributed by atoms with E-state index in [9.17, 15) is 4.79 Å². The Balaban J connectivity index is 3.68. The minimum atomic E-state index is -2.44. The minimum Gasteiger partial charge on any atom is -0.463 e. The van der Waals surface area contributed by atoms with Gasteiger partial charge in [-0.25, -0.2) is 0 Å². The Morgan fingerprint density at radius 1 is 0.524 bits per heavy atom. The van der Waals surface area contributed by atoms with E-state index < -0.39 is 14.7 Å². The summed E-state index contributed by atoms with van der Waals surface area (Å²) in [5.41, 5.74) is 0. The quantitative estimate of drug-likeness (QED) is 0.0417. The van der Waals surface area contributed by atoms with Crippen molar-refractivity contribution in [3.8, 4) is 0 Å². The standard InChI is InChI=1S/C35H71O6P/c1-3-5-7-9-11-13-15-17-19-21-23-25-27-29-31-39-34(33-41-42(37)38)32-40-35(36)30-28-26-24-22-20-18-16-14-12-10-8-6-4-2/h34,37-38H,3-33H2,1-2H3/t34-/m1/s1. The minimum absolute atomic E-state index is 0.0172. The first-order chi connectivity index (χ1) is 20.6. The SMILES string of the molecule is CCCCCCCCCCCCCCCCO[C@H](COC(=O)CCCCCCCCCCCCCCC)COP(O)O. The average Bonchev–Trinajstić information content (AvgIpc) is 2.98. The highest BCUT2D eigenvalue weighted by atomic mass is 31.2. The summed E-state index contributed by atoms with van der Waals surface area (Å²) >= 11 is 0. The van der Waals surface area contributed by atoms with E-state index in [2.05, 4.69) is 13.8 Å². The van der Waals surface area contributed by atoms with Crippen LogP contribution in [0.25, 0.3) is 0 Å². The van der Waals surface area contributed by atoms with Crippen LogP contribution in [-0.4, -0.2) is 41.7 Å². The molecule has 42 heavy (non-hydrogen) atoms. The Labute approximate surface area is 262 Å². The van der Waals surface area contributed by atoms with Crippen LogP contribution in [0.1, 0.15) is 194 Å². The number of unbranched alkanes of at least 4 members (excludes halogenated alkanes) is 25. The summed E-state index contributed by atoms with van der Waals surface area (Å²) in [6.45, 7) is 5.21. The van der Waals surface area contributed by atoms with Crippen molar-refractivity contribution in [1.82, 2.24) is 0 Å². The van der Waals surface area contributed by atoms with Crippen molar-refractivity contribution in [1.29, 1.82) is 0 Å². The highest BCUT2D eigenvalue weighted by Gasteiger charge is 2.15. The van der Waals surface area contributed by atoms with E-state index in [4.69, 9.17) is 23.8 Å². The van der Waals surface area contributed by atoms with E-state index in [-0.39, 0.29) is 19.2 Å². The Bertz CT molecular complexity index is 534. The van der Waals surface area contributed by atoms with Crippen LogP contribution in [-0.2, 0) is 18.8 Å². The van der Waals surface area contributed by atoms with Crippen LogP contribution in [0.2, 0.25) is 0 Å². The van der Waals surface area contributed by atoms with Gasteiger partial charge in [0.15, 0.2) is 0 Å². The van der Waals surface area contributed by atoms with Crippen molar-refractivity contribution in [2.45, 2.75) is 200 Å². The molecule has 0 aliphatic rings. The van der Waals surface area contributed by atoms with Gasteiger partial charge in [0.05, 0.1) is 6.61 Å². The molecule has 0 radical (unpaired) electrons. The van der Waals surface area contributed by atoms with Gasteiger partial charge in [-0.2, -0.15) is 0 Å². The number of esters is 1. The molecule has 0 fully saturated rings. The summed E-state index contributed by atoms with van der Waals surface area (Å²) in [5.74, 6) is -0.210. The number of ether oxygens (including phenoxy) is 2. The van der Waals surface area contributed by atoms with Crippen molar-refractivity contribution in [3.63, 3.8) is 0 Å². The van der Waals surface area contributed by atoms with Gasteiger partial charge in [0, 0.05) is 13.0 Å². The normalized spacial score (nSPS) is 12.3. The molecule has 0 saturated heterocycles. The van der Waals surface area contributed by atoms with E-state index in [1.54, 1.807) is 0 Å². The highest BCUT2D eigenvalue weighted by molar-refractivity contribution is 7.39. The van der Waals surface area contributed by atoms with Crippen molar-refractivity contribution in [2.24, 2.45) is 0 Å². The van der Waals surface area contributed by atoms with Crippen LogP contribution < -0.4 is 0 Å². The lowest BCUT2D eigenvalue weighted by Crippen LogP contribution is -2.27. The van der Waals surface area contributed by atoms with Crippen molar-refractivity contribution >= 4 is 14.6 Å². The van der Waals surface area contributed by atoms with Gasteiger partial charge in [0.1, 0.15) is 12.7 Å². The molecule has 0 spiro atoms. The topological polar surface area (TPSA) is 85.2 Å². The molecule has 0 aromatic heterocycles. The monoisotopic (exact) mass is 618 g/mol. The molecular formula is C35H71O6P. The molecule has 0 aromatic rings. The highest BCUT2D eigenvalue weighted by Crippen LogP contribution is 2.24. The Morgan fingerprint density at radius 2 is 0.881 bits per heavy atom. The van der Waals surface area contributed by atoms with Crippen molar-refractivity contribution in [3.05, 3.63) is 0 Å². The van der Waals surface area contributed by atoms with E-state index in [0.717, 1.165) is 25.7 Å². The number of carbonyl (C=O) groups is 1. The van der Waals surface area contributed by atoms with E-state index in [1.807, 2.05) is 0 Å². The lowest BCUT2D eigenvalue weighted by atomic mass is 10.0. The number of hydrogen-bond donors (Lipinski definition) is 2. The van der Waals surface area contributed by atoms with Gasteiger partial charge in [-0.15, -0.1) is 0 Å². The number of carbonyl (C=O) groups excluding carboxylic acids is 1. The second-order valence-electron chi connectivity index (χ2n) is 12.3. The molecular weight excluding hydrogens is 547 g/mol. The third kappa shape index (κ3) is 34.2. The third-order valence-corrected chi connectivity index (χ3v) is 8.52.